The van der Waals surface area contributed by atoms with Gasteiger partial charge in [0.2, 0.25) is 0 Å². The van der Waals surface area contributed by atoms with E-state index in [1.807, 2.05) is 4.90 Å². The van der Waals surface area contributed by atoms with Gasteiger partial charge in [-0.2, -0.15) is 13.2 Å². The molecule has 1 atom stereocenters. The third-order valence-electron chi connectivity index (χ3n) is 3.35. The highest BCUT2D eigenvalue weighted by Gasteiger charge is 2.37. The van der Waals surface area contributed by atoms with Crippen molar-refractivity contribution in [2.24, 2.45) is 11.7 Å². The number of hydrogen-bond donors (Lipinski definition) is 2. The molecule has 1 aromatic rings. The zero-order valence-electron chi connectivity index (χ0n) is 10.5. The average molecular weight is 275 g/mol. The Morgan fingerprint density at radius 3 is 2.68 bits per heavy atom. The summed E-state index contributed by atoms with van der Waals surface area (Å²) in [7, 11) is 0. The molecule has 1 fully saturated rings. The van der Waals surface area contributed by atoms with Gasteiger partial charge in [-0.25, -0.2) is 0 Å². The van der Waals surface area contributed by atoms with Crippen LogP contribution < -0.4 is 10.6 Å². The number of hydrogen-bond acceptors (Lipinski definition) is 2. The minimum atomic E-state index is -4.58. The van der Waals surface area contributed by atoms with Gasteiger partial charge >= 0.3 is 6.18 Å². The minimum absolute atomic E-state index is 0.313. The number of amides is 1. The second-order valence-corrected chi connectivity index (χ2v) is 5.00. The molecule has 2 heterocycles. The Kier molecular flexibility index (Phi) is 3.47. The van der Waals surface area contributed by atoms with Crippen LogP contribution in [0.1, 0.15) is 35.8 Å². The standard InChI is InChI=1S/C12H16F3N3O/c1-7-3-2-4-18(6-7)9-5-8(12(13,14)15)10(17-9)11(16)19/h5,7,17H,2-4,6H2,1H3,(H2,16,19). The van der Waals surface area contributed by atoms with E-state index in [4.69, 9.17) is 5.73 Å². The van der Waals surface area contributed by atoms with Crippen LogP contribution in [0.5, 0.6) is 0 Å². The zero-order valence-corrected chi connectivity index (χ0v) is 10.5. The fourth-order valence-electron chi connectivity index (χ4n) is 2.44. The van der Waals surface area contributed by atoms with E-state index in [0.29, 0.717) is 24.8 Å². The van der Waals surface area contributed by atoms with Crippen LogP contribution in [0.4, 0.5) is 19.0 Å². The Balaban J connectivity index is 2.35. The van der Waals surface area contributed by atoms with E-state index in [-0.39, 0.29) is 0 Å². The summed E-state index contributed by atoms with van der Waals surface area (Å²) >= 11 is 0. The molecule has 1 unspecified atom stereocenters. The number of nitrogens with two attached hydrogens (primary N) is 1. The molecule has 106 valence electrons. The Morgan fingerprint density at radius 1 is 1.53 bits per heavy atom. The SMILES string of the molecule is CC1CCCN(c2cc(C(F)(F)F)c(C(N)=O)[nH]2)C1. The van der Waals surface area contributed by atoms with Gasteiger partial charge in [-0.3, -0.25) is 4.79 Å². The summed E-state index contributed by atoms with van der Waals surface area (Å²) in [5, 5.41) is 0. The van der Waals surface area contributed by atoms with Crippen LogP contribution in [0.2, 0.25) is 0 Å². The van der Waals surface area contributed by atoms with Crippen molar-refractivity contribution < 1.29 is 18.0 Å². The van der Waals surface area contributed by atoms with E-state index in [1.54, 1.807) is 0 Å². The number of carbonyl (C=O) groups excluding carboxylic acids is 1. The number of anilines is 1. The molecule has 2 rings (SSSR count). The molecule has 3 N–H and O–H groups in total. The maximum atomic E-state index is 12.8. The van der Waals surface area contributed by atoms with Crippen molar-refractivity contribution >= 4 is 11.7 Å². The van der Waals surface area contributed by atoms with E-state index in [0.717, 1.165) is 18.9 Å². The van der Waals surface area contributed by atoms with Crippen LogP contribution in [-0.2, 0) is 6.18 Å². The van der Waals surface area contributed by atoms with Gasteiger partial charge in [0.1, 0.15) is 11.5 Å². The number of rotatable bonds is 2. The van der Waals surface area contributed by atoms with E-state index >= 15 is 0 Å². The Hall–Kier alpha value is -1.66. The summed E-state index contributed by atoms with van der Waals surface area (Å²) in [6.45, 7) is 3.41. The Bertz CT molecular complexity index is 481. The predicted molar refractivity (Wildman–Crippen MR) is 64.9 cm³/mol. The number of nitrogens with zero attached hydrogens (tertiary/aromatic N) is 1. The number of H-pyrrole nitrogens is 1. The third-order valence-corrected chi connectivity index (χ3v) is 3.35. The lowest BCUT2D eigenvalue weighted by Crippen LogP contribution is -2.34. The largest absolute Gasteiger partial charge is 0.418 e. The molecule has 19 heavy (non-hydrogen) atoms. The lowest BCUT2D eigenvalue weighted by atomic mass is 10.0. The summed E-state index contributed by atoms with van der Waals surface area (Å²) < 4.78 is 38.5. The molecule has 0 radical (unpaired) electrons. The van der Waals surface area contributed by atoms with Gasteiger partial charge in [0.25, 0.3) is 5.91 Å². The zero-order chi connectivity index (χ0) is 14.2. The molecule has 1 aliphatic heterocycles. The molecule has 0 aliphatic carbocycles. The monoisotopic (exact) mass is 275 g/mol. The first-order valence-corrected chi connectivity index (χ1v) is 6.14. The van der Waals surface area contributed by atoms with Crippen LogP contribution in [0.25, 0.3) is 0 Å². The molecule has 0 saturated carbocycles. The van der Waals surface area contributed by atoms with Crippen LogP contribution in [0, 0.1) is 5.92 Å². The van der Waals surface area contributed by atoms with Gasteiger partial charge in [-0.1, -0.05) is 6.92 Å². The molecule has 0 bridgehead atoms. The molecule has 1 amide bonds. The highest BCUT2D eigenvalue weighted by molar-refractivity contribution is 5.93. The summed E-state index contributed by atoms with van der Waals surface area (Å²) in [6.07, 6.45) is -2.60. The molecule has 7 heteroatoms. The molecular formula is C12H16F3N3O. The van der Waals surface area contributed by atoms with Crippen LogP contribution in [0.15, 0.2) is 6.07 Å². The van der Waals surface area contributed by atoms with Crippen LogP contribution >= 0.6 is 0 Å². The maximum absolute atomic E-state index is 12.8. The molecular weight excluding hydrogens is 259 g/mol. The van der Waals surface area contributed by atoms with E-state index in [1.165, 1.54) is 0 Å². The molecule has 0 spiro atoms. The number of piperidine rings is 1. The van der Waals surface area contributed by atoms with E-state index in [2.05, 4.69) is 11.9 Å². The minimum Gasteiger partial charge on any atom is -0.364 e. The number of aromatic amines is 1. The van der Waals surface area contributed by atoms with Gasteiger partial charge in [-0.05, 0) is 24.8 Å². The second-order valence-electron chi connectivity index (χ2n) is 5.00. The summed E-state index contributed by atoms with van der Waals surface area (Å²) in [5.41, 5.74) is 3.43. The molecule has 4 nitrogen and oxygen atoms in total. The number of primary amides is 1. The quantitative estimate of drug-likeness (QED) is 0.870. The van der Waals surface area contributed by atoms with Crippen molar-refractivity contribution in [1.29, 1.82) is 0 Å². The first-order valence-electron chi connectivity index (χ1n) is 6.14. The van der Waals surface area contributed by atoms with Crippen molar-refractivity contribution in [3.05, 3.63) is 17.3 Å². The number of alkyl halides is 3. The van der Waals surface area contributed by atoms with Crippen LogP contribution in [0.3, 0.4) is 0 Å². The molecule has 1 saturated heterocycles. The lowest BCUT2D eigenvalue weighted by molar-refractivity contribution is -0.137. The highest BCUT2D eigenvalue weighted by Crippen LogP contribution is 2.35. The average Bonchev–Trinajstić information content (AvgIpc) is 2.73. The van der Waals surface area contributed by atoms with Crippen molar-refractivity contribution in [3.8, 4) is 0 Å². The fourth-order valence-corrected chi connectivity index (χ4v) is 2.44. The van der Waals surface area contributed by atoms with Crippen molar-refractivity contribution in [2.45, 2.75) is 25.9 Å². The summed E-state index contributed by atoms with van der Waals surface area (Å²) in [6, 6.07) is 0.970. The van der Waals surface area contributed by atoms with Crippen molar-refractivity contribution in [2.75, 3.05) is 18.0 Å². The van der Waals surface area contributed by atoms with E-state index < -0.39 is 23.3 Å². The first kappa shape index (κ1) is 13.8. The number of carbonyl (C=O) groups is 1. The maximum Gasteiger partial charge on any atom is 0.418 e. The van der Waals surface area contributed by atoms with Gasteiger partial charge in [0.15, 0.2) is 0 Å². The van der Waals surface area contributed by atoms with Gasteiger partial charge in [0.05, 0.1) is 5.56 Å². The first-order chi connectivity index (χ1) is 8.79. The second kappa shape index (κ2) is 4.79. The number of nitrogens with one attached hydrogen (secondary N) is 1. The number of halogens is 3. The molecule has 0 aromatic carbocycles. The van der Waals surface area contributed by atoms with Gasteiger partial charge in [-0.15, -0.1) is 0 Å². The lowest BCUT2D eigenvalue weighted by Gasteiger charge is -2.31. The molecule has 1 aromatic heterocycles. The summed E-state index contributed by atoms with van der Waals surface area (Å²) in [5.74, 6) is -0.361. The highest BCUT2D eigenvalue weighted by atomic mass is 19.4. The third kappa shape index (κ3) is 2.85. The topological polar surface area (TPSA) is 62.1 Å². The summed E-state index contributed by atoms with van der Waals surface area (Å²) in [4.78, 5) is 15.4. The van der Waals surface area contributed by atoms with E-state index in [9.17, 15) is 18.0 Å². The van der Waals surface area contributed by atoms with Gasteiger partial charge in [0, 0.05) is 13.1 Å². The fraction of sp³-hybridized carbons (Fsp3) is 0.583. The smallest absolute Gasteiger partial charge is 0.364 e. The Morgan fingerprint density at radius 2 is 2.21 bits per heavy atom. The Labute approximate surface area is 108 Å². The van der Waals surface area contributed by atoms with Crippen molar-refractivity contribution in [3.63, 3.8) is 0 Å². The normalized spacial score (nSPS) is 20.6. The van der Waals surface area contributed by atoms with Gasteiger partial charge < -0.3 is 15.6 Å². The molecule has 1 aliphatic rings. The van der Waals surface area contributed by atoms with Crippen LogP contribution in [-0.4, -0.2) is 24.0 Å². The number of aromatic nitrogens is 1. The van der Waals surface area contributed by atoms with Crippen molar-refractivity contribution in [1.82, 2.24) is 4.98 Å². The predicted octanol–water partition coefficient (Wildman–Crippen LogP) is 2.37.